The lowest BCUT2D eigenvalue weighted by atomic mass is 10.2. The highest BCUT2D eigenvalue weighted by Crippen LogP contribution is 2.25. The highest BCUT2D eigenvalue weighted by Gasteiger charge is 2.19. The number of rotatable bonds is 7. The smallest absolute Gasteiger partial charge is 0.342 e. The molecule has 0 aliphatic rings. The molecule has 3 rings (SSSR count). The molecular weight excluding hydrogens is 380 g/mol. The van der Waals surface area contributed by atoms with E-state index in [1.807, 2.05) is 60.7 Å². The minimum absolute atomic E-state index is 0.0111. The summed E-state index contributed by atoms with van der Waals surface area (Å²) in [4.78, 5) is 12.1. The molecule has 7 heteroatoms. The van der Waals surface area contributed by atoms with Crippen molar-refractivity contribution in [1.82, 2.24) is 0 Å². The molecule has 144 valence electrons. The van der Waals surface area contributed by atoms with Crippen LogP contribution in [-0.4, -0.2) is 18.9 Å². The Morgan fingerprint density at radius 1 is 0.821 bits per heavy atom. The van der Waals surface area contributed by atoms with Crippen LogP contribution in [0.2, 0.25) is 0 Å². The summed E-state index contributed by atoms with van der Waals surface area (Å²) in [5.41, 5.74) is 1.72. The Kier molecular flexibility index (Phi) is 6.08. The van der Waals surface area contributed by atoms with E-state index < -0.39 is 16.1 Å². The van der Waals surface area contributed by atoms with Gasteiger partial charge in [-0.25, -0.2) is 4.79 Å². The van der Waals surface area contributed by atoms with Gasteiger partial charge in [-0.3, -0.25) is 4.55 Å². The molecule has 0 aliphatic heterocycles. The zero-order chi connectivity index (χ0) is 20.0. The minimum Gasteiger partial charge on any atom is -0.488 e. The van der Waals surface area contributed by atoms with E-state index in [2.05, 4.69) is 0 Å². The van der Waals surface area contributed by atoms with Crippen molar-refractivity contribution in [3.05, 3.63) is 95.6 Å². The van der Waals surface area contributed by atoms with Gasteiger partial charge in [0.05, 0.1) is 4.90 Å². The van der Waals surface area contributed by atoms with Crippen molar-refractivity contribution >= 4 is 16.1 Å². The summed E-state index contributed by atoms with van der Waals surface area (Å²) >= 11 is 0. The van der Waals surface area contributed by atoms with E-state index in [1.54, 1.807) is 0 Å². The quantitative estimate of drug-likeness (QED) is 0.480. The lowest BCUT2D eigenvalue weighted by molar-refractivity contribution is 0.0467. The zero-order valence-corrected chi connectivity index (χ0v) is 15.6. The standard InChI is InChI=1S/C21H18O6S/c22-21(27-15-17-9-5-2-6-10-17)19-12-11-18(28(23,24)25)13-20(19)26-14-16-7-3-1-4-8-16/h1-13H,14-15H2,(H,23,24,25). The first-order chi connectivity index (χ1) is 13.4. The van der Waals surface area contributed by atoms with Gasteiger partial charge < -0.3 is 9.47 Å². The first-order valence-corrected chi connectivity index (χ1v) is 9.87. The molecule has 28 heavy (non-hydrogen) atoms. The monoisotopic (exact) mass is 398 g/mol. The van der Waals surface area contributed by atoms with Gasteiger partial charge in [-0.2, -0.15) is 8.42 Å². The molecule has 0 radical (unpaired) electrons. The van der Waals surface area contributed by atoms with Gasteiger partial charge in [-0.1, -0.05) is 60.7 Å². The van der Waals surface area contributed by atoms with Gasteiger partial charge in [0, 0.05) is 6.07 Å². The van der Waals surface area contributed by atoms with Crippen LogP contribution in [0.3, 0.4) is 0 Å². The third kappa shape index (κ3) is 5.18. The average molecular weight is 398 g/mol. The van der Waals surface area contributed by atoms with Crippen LogP contribution in [-0.2, 0) is 28.1 Å². The van der Waals surface area contributed by atoms with E-state index in [4.69, 9.17) is 9.47 Å². The molecule has 0 aromatic heterocycles. The maximum Gasteiger partial charge on any atom is 0.342 e. The summed E-state index contributed by atoms with van der Waals surface area (Å²) < 4.78 is 43.1. The fourth-order valence-corrected chi connectivity index (χ4v) is 2.98. The molecule has 0 unspecified atom stereocenters. The Morgan fingerprint density at radius 3 is 1.96 bits per heavy atom. The van der Waals surface area contributed by atoms with Gasteiger partial charge in [0.25, 0.3) is 10.1 Å². The number of benzene rings is 3. The third-order valence-electron chi connectivity index (χ3n) is 3.92. The highest BCUT2D eigenvalue weighted by atomic mass is 32.2. The van der Waals surface area contributed by atoms with Gasteiger partial charge in [0.1, 0.15) is 24.5 Å². The average Bonchev–Trinajstić information content (AvgIpc) is 2.71. The zero-order valence-electron chi connectivity index (χ0n) is 14.8. The first kappa shape index (κ1) is 19.6. The first-order valence-electron chi connectivity index (χ1n) is 8.43. The molecule has 6 nitrogen and oxygen atoms in total. The molecule has 0 bridgehead atoms. The molecule has 0 saturated heterocycles. The normalized spacial score (nSPS) is 11.0. The van der Waals surface area contributed by atoms with Crippen molar-refractivity contribution in [2.45, 2.75) is 18.1 Å². The number of esters is 1. The van der Waals surface area contributed by atoms with Crippen LogP contribution in [0, 0.1) is 0 Å². The molecule has 0 aliphatic carbocycles. The third-order valence-corrected chi connectivity index (χ3v) is 4.77. The fourth-order valence-electron chi connectivity index (χ4n) is 2.49. The minimum atomic E-state index is -4.44. The van der Waals surface area contributed by atoms with E-state index >= 15 is 0 Å². The summed E-state index contributed by atoms with van der Waals surface area (Å²) in [5.74, 6) is -0.647. The lowest BCUT2D eigenvalue weighted by Crippen LogP contribution is -2.10. The lowest BCUT2D eigenvalue weighted by Gasteiger charge is -2.13. The topological polar surface area (TPSA) is 89.9 Å². The van der Waals surface area contributed by atoms with Crippen molar-refractivity contribution in [2.75, 3.05) is 0 Å². The van der Waals surface area contributed by atoms with Gasteiger partial charge in [0.15, 0.2) is 0 Å². The van der Waals surface area contributed by atoms with E-state index in [-0.39, 0.29) is 29.4 Å². The van der Waals surface area contributed by atoms with Crippen molar-refractivity contribution in [3.8, 4) is 5.75 Å². The second-order valence-electron chi connectivity index (χ2n) is 5.97. The Labute approximate surface area is 163 Å². The molecule has 0 spiro atoms. The Balaban J connectivity index is 1.82. The fraction of sp³-hybridized carbons (Fsp3) is 0.0952. The predicted molar refractivity (Wildman–Crippen MR) is 103 cm³/mol. The van der Waals surface area contributed by atoms with Crippen molar-refractivity contribution < 1.29 is 27.2 Å². The van der Waals surface area contributed by atoms with Crippen LogP contribution in [0.1, 0.15) is 21.5 Å². The number of hydrogen-bond donors (Lipinski definition) is 1. The number of carbonyl (C=O) groups is 1. The van der Waals surface area contributed by atoms with E-state index in [0.717, 1.165) is 23.3 Å². The molecule has 0 atom stereocenters. The summed E-state index contributed by atoms with van der Waals surface area (Å²) in [5, 5.41) is 0. The van der Waals surface area contributed by atoms with Crippen LogP contribution >= 0.6 is 0 Å². The summed E-state index contributed by atoms with van der Waals surface area (Å²) in [6, 6.07) is 21.9. The van der Waals surface area contributed by atoms with Gasteiger partial charge in [0.2, 0.25) is 0 Å². The van der Waals surface area contributed by atoms with Crippen LogP contribution in [0.4, 0.5) is 0 Å². The Morgan fingerprint density at radius 2 is 1.39 bits per heavy atom. The second-order valence-corrected chi connectivity index (χ2v) is 7.39. The van der Waals surface area contributed by atoms with Gasteiger partial charge >= 0.3 is 5.97 Å². The molecule has 0 fully saturated rings. The predicted octanol–water partition coefficient (Wildman–Crippen LogP) is 3.87. The van der Waals surface area contributed by atoms with Crippen LogP contribution in [0.15, 0.2) is 83.8 Å². The number of hydrogen-bond acceptors (Lipinski definition) is 5. The Bertz CT molecular complexity index is 1050. The van der Waals surface area contributed by atoms with Crippen molar-refractivity contribution in [3.63, 3.8) is 0 Å². The van der Waals surface area contributed by atoms with Crippen LogP contribution < -0.4 is 4.74 Å². The molecule has 3 aromatic carbocycles. The molecule has 0 saturated carbocycles. The second kappa shape index (κ2) is 8.69. The van der Waals surface area contributed by atoms with Crippen LogP contribution in [0.5, 0.6) is 5.75 Å². The summed E-state index contributed by atoms with van der Waals surface area (Å²) in [6.07, 6.45) is 0. The van der Waals surface area contributed by atoms with Crippen molar-refractivity contribution in [1.29, 1.82) is 0 Å². The SMILES string of the molecule is O=C(OCc1ccccc1)c1ccc(S(=O)(=O)O)cc1OCc1ccccc1. The number of carbonyl (C=O) groups excluding carboxylic acids is 1. The largest absolute Gasteiger partial charge is 0.488 e. The maximum atomic E-state index is 12.5. The highest BCUT2D eigenvalue weighted by molar-refractivity contribution is 7.85. The van der Waals surface area contributed by atoms with E-state index in [1.165, 1.54) is 6.07 Å². The number of ether oxygens (including phenoxy) is 2. The van der Waals surface area contributed by atoms with Crippen molar-refractivity contribution in [2.24, 2.45) is 0 Å². The van der Waals surface area contributed by atoms with Gasteiger partial charge in [-0.15, -0.1) is 0 Å². The summed E-state index contributed by atoms with van der Waals surface area (Å²) in [7, 11) is -4.44. The van der Waals surface area contributed by atoms with Gasteiger partial charge in [-0.05, 0) is 23.3 Å². The van der Waals surface area contributed by atoms with E-state index in [9.17, 15) is 17.8 Å². The maximum absolute atomic E-state index is 12.5. The molecule has 3 aromatic rings. The molecule has 0 heterocycles. The summed E-state index contributed by atoms with van der Waals surface area (Å²) in [6.45, 7) is 0.187. The molecule has 0 amide bonds. The van der Waals surface area contributed by atoms with Crippen LogP contribution in [0.25, 0.3) is 0 Å². The Hall–Kier alpha value is -3.16. The van der Waals surface area contributed by atoms with E-state index in [0.29, 0.717) is 0 Å². The molecule has 1 N–H and O–H groups in total. The molecular formula is C21H18O6S.